The average Bonchev–Trinajstić information content (AvgIpc) is 2.78. The van der Waals surface area contributed by atoms with E-state index in [1.807, 2.05) is 36.4 Å². The average molecular weight is 388 g/mol. The van der Waals surface area contributed by atoms with Crippen molar-refractivity contribution < 1.29 is 4.74 Å². The van der Waals surface area contributed by atoms with E-state index in [-0.39, 0.29) is 0 Å². The molecule has 0 N–H and O–H groups in total. The number of rotatable bonds is 9. The van der Waals surface area contributed by atoms with Gasteiger partial charge in [0, 0.05) is 0 Å². The van der Waals surface area contributed by atoms with E-state index < -0.39 is 0 Å². The van der Waals surface area contributed by atoms with E-state index in [0.29, 0.717) is 12.2 Å². The lowest BCUT2D eigenvalue weighted by molar-refractivity contribution is 0.288. The summed E-state index contributed by atoms with van der Waals surface area (Å²) in [5.74, 6) is 2.60. The van der Waals surface area contributed by atoms with Gasteiger partial charge in [0.2, 0.25) is 0 Å². The van der Waals surface area contributed by atoms with E-state index in [0.717, 1.165) is 28.7 Å². The molecule has 1 saturated carbocycles. The summed E-state index contributed by atoms with van der Waals surface area (Å²) in [5, 5.41) is 8.90. The van der Waals surface area contributed by atoms with Crippen molar-refractivity contribution in [3.63, 3.8) is 0 Å². The van der Waals surface area contributed by atoms with E-state index in [2.05, 4.69) is 37.3 Å². The molecule has 3 rings (SSSR count). The molecule has 152 valence electrons. The molecule has 0 bridgehead atoms. The first-order valence-electron chi connectivity index (χ1n) is 11.2. The van der Waals surface area contributed by atoms with E-state index in [1.54, 1.807) is 0 Å². The van der Waals surface area contributed by atoms with E-state index in [9.17, 15) is 0 Å². The third kappa shape index (κ3) is 6.79. The lowest BCUT2D eigenvalue weighted by atomic mass is 9.79. The van der Waals surface area contributed by atoms with Gasteiger partial charge in [-0.3, -0.25) is 0 Å². The first-order valence-corrected chi connectivity index (χ1v) is 11.2. The topological polar surface area (TPSA) is 33.0 Å². The Morgan fingerprint density at radius 3 is 2.21 bits per heavy atom. The Labute approximate surface area is 176 Å². The van der Waals surface area contributed by atoms with Crippen molar-refractivity contribution in [2.45, 2.75) is 58.3 Å². The third-order valence-electron chi connectivity index (χ3n) is 6.06. The number of allylic oxidation sites excluding steroid dienone is 1. The van der Waals surface area contributed by atoms with Crippen LogP contribution in [0, 0.1) is 23.2 Å². The van der Waals surface area contributed by atoms with Crippen LogP contribution >= 0.6 is 0 Å². The van der Waals surface area contributed by atoms with Gasteiger partial charge in [0.25, 0.3) is 0 Å². The molecule has 0 radical (unpaired) electrons. The van der Waals surface area contributed by atoms with Crippen LogP contribution in [0.1, 0.15) is 63.9 Å². The molecule has 0 aliphatic heterocycles. The molecule has 0 atom stereocenters. The molecule has 0 spiro atoms. The van der Waals surface area contributed by atoms with Crippen molar-refractivity contribution in [1.82, 2.24) is 0 Å². The molecular formula is C27H33NO. The molecule has 1 aliphatic rings. The van der Waals surface area contributed by atoms with Gasteiger partial charge in [-0.2, -0.15) is 5.26 Å². The van der Waals surface area contributed by atoms with Gasteiger partial charge >= 0.3 is 0 Å². The van der Waals surface area contributed by atoms with Crippen LogP contribution in [0.3, 0.4) is 0 Å². The maximum absolute atomic E-state index is 8.90. The number of benzene rings is 2. The summed E-state index contributed by atoms with van der Waals surface area (Å²) in [5.41, 5.74) is 2.93. The summed E-state index contributed by atoms with van der Waals surface area (Å²) < 4.78 is 5.88. The Kier molecular flexibility index (Phi) is 8.38. The van der Waals surface area contributed by atoms with E-state index in [1.165, 1.54) is 51.4 Å². The van der Waals surface area contributed by atoms with Crippen LogP contribution in [0.4, 0.5) is 0 Å². The molecule has 2 heteroatoms. The van der Waals surface area contributed by atoms with Crippen molar-refractivity contribution in [2.24, 2.45) is 11.8 Å². The van der Waals surface area contributed by atoms with Crippen LogP contribution in [0.15, 0.2) is 60.7 Å². The second-order valence-corrected chi connectivity index (χ2v) is 8.23. The maximum Gasteiger partial charge on any atom is 0.119 e. The fraction of sp³-hybridized carbons (Fsp3) is 0.444. The zero-order valence-electron chi connectivity index (χ0n) is 17.6. The van der Waals surface area contributed by atoms with Gasteiger partial charge in [-0.05, 0) is 72.9 Å². The highest BCUT2D eigenvalue weighted by atomic mass is 16.5. The second kappa shape index (κ2) is 11.5. The Balaban J connectivity index is 1.39. The monoisotopic (exact) mass is 387 g/mol. The van der Waals surface area contributed by atoms with Crippen LogP contribution in [0.2, 0.25) is 0 Å². The Bertz CT molecular complexity index is 790. The first kappa shape index (κ1) is 21.2. The minimum atomic E-state index is 0.632. The van der Waals surface area contributed by atoms with Crippen LogP contribution in [0.5, 0.6) is 5.75 Å². The number of unbranched alkanes of at least 4 members (excludes halogenated alkanes) is 2. The molecule has 0 heterocycles. The van der Waals surface area contributed by atoms with Gasteiger partial charge < -0.3 is 4.74 Å². The SMILES string of the molecule is CCCCC[C@H]1CC[C@H](/C=C/COc2ccc(-c3ccc(C#N)cc3)cc2)CC1. The van der Waals surface area contributed by atoms with Gasteiger partial charge in [-0.25, -0.2) is 0 Å². The molecule has 2 aromatic rings. The minimum Gasteiger partial charge on any atom is -0.490 e. The zero-order chi connectivity index (χ0) is 20.3. The molecule has 0 aromatic heterocycles. The number of hydrogen-bond acceptors (Lipinski definition) is 2. The largest absolute Gasteiger partial charge is 0.490 e. The van der Waals surface area contributed by atoms with Gasteiger partial charge in [0.15, 0.2) is 0 Å². The van der Waals surface area contributed by atoms with Gasteiger partial charge in [-0.15, -0.1) is 0 Å². The molecule has 2 nitrogen and oxygen atoms in total. The summed E-state index contributed by atoms with van der Waals surface area (Å²) in [6.45, 7) is 2.92. The molecule has 1 fully saturated rings. The summed E-state index contributed by atoms with van der Waals surface area (Å²) in [6.07, 6.45) is 15.6. The Hall–Kier alpha value is -2.53. The standard InChI is InChI=1S/C27H33NO/c1-2-3-4-6-22-8-10-23(11-9-22)7-5-20-29-27-18-16-26(17-19-27)25-14-12-24(21-28)13-15-25/h5,7,12-19,22-23H,2-4,6,8-11,20H2,1H3/b7-5+/t22-,23-. The van der Waals surface area contributed by atoms with Crippen molar-refractivity contribution in [2.75, 3.05) is 6.61 Å². The Morgan fingerprint density at radius 2 is 1.59 bits per heavy atom. The third-order valence-corrected chi connectivity index (χ3v) is 6.06. The lowest BCUT2D eigenvalue weighted by Gasteiger charge is -2.26. The highest BCUT2D eigenvalue weighted by Crippen LogP contribution is 2.32. The van der Waals surface area contributed by atoms with Gasteiger partial charge in [0.1, 0.15) is 12.4 Å². The predicted molar refractivity (Wildman–Crippen MR) is 121 cm³/mol. The normalized spacial score (nSPS) is 19.2. The lowest BCUT2D eigenvalue weighted by Crippen LogP contribution is -2.13. The highest BCUT2D eigenvalue weighted by Gasteiger charge is 2.18. The fourth-order valence-electron chi connectivity index (χ4n) is 4.23. The molecule has 0 amide bonds. The summed E-state index contributed by atoms with van der Waals surface area (Å²) in [7, 11) is 0. The van der Waals surface area contributed by atoms with Crippen molar-refractivity contribution >= 4 is 0 Å². The fourth-order valence-corrected chi connectivity index (χ4v) is 4.23. The number of hydrogen-bond donors (Lipinski definition) is 0. The van der Waals surface area contributed by atoms with E-state index >= 15 is 0 Å². The van der Waals surface area contributed by atoms with Crippen molar-refractivity contribution in [3.05, 3.63) is 66.2 Å². The maximum atomic E-state index is 8.90. The van der Waals surface area contributed by atoms with Gasteiger partial charge in [0.05, 0.1) is 11.6 Å². The van der Waals surface area contributed by atoms with Crippen molar-refractivity contribution in [1.29, 1.82) is 5.26 Å². The van der Waals surface area contributed by atoms with Crippen LogP contribution < -0.4 is 4.74 Å². The summed E-state index contributed by atoms with van der Waals surface area (Å²) >= 11 is 0. The number of nitriles is 1. The van der Waals surface area contributed by atoms with E-state index in [4.69, 9.17) is 10.00 Å². The highest BCUT2D eigenvalue weighted by molar-refractivity contribution is 5.64. The van der Waals surface area contributed by atoms with Crippen LogP contribution in [-0.2, 0) is 0 Å². The van der Waals surface area contributed by atoms with Crippen LogP contribution in [-0.4, -0.2) is 6.61 Å². The molecular weight excluding hydrogens is 354 g/mol. The predicted octanol–water partition coefficient (Wildman–Crippen LogP) is 7.55. The van der Waals surface area contributed by atoms with Gasteiger partial charge in [-0.1, -0.05) is 69.0 Å². The quantitative estimate of drug-likeness (QED) is 0.329. The minimum absolute atomic E-state index is 0.632. The smallest absolute Gasteiger partial charge is 0.119 e. The Morgan fingerprint density at radius 1 is 0.931 bits per heavy atom. The zero-order valence-corrected chi connectivity index (χ0v) is 17.6. The number of nitrogens with zero attached hydrogens (tertiary/aromatic N) is 1. The number of ether oxygens (including phenoxy) is 1. The van der Waals surface area contributed by atoms with Crippen LogP contribution in [0.25, 0.3) is 11.1 Å². The molecule has 0 saturated heterocycles. The molecule has 0 unspecified atom stereocenters. The summed E-state index contributed by atoms with van der Waals surface area (Å²) in [4.78, 5) is 0. The molecule has 1 aliphatic carbocycles. The first-order chi connectivity index (χ1) is 14.3. The summed E-state index contributed by atoms with van der Waals surface area (Å²) in [6, 6.07) is 18.0. The molecule has 29 heavy (non-hydrogen) atoms. The molecule has 2 aromatic carbocycles. The second-order valence-electron chi connectivity index (χ2n) is 8.23. The van der Waals surface area contributed by atoms with Crippen molar-refractivity contribution in [3.8, 4) is 22.9 Å².